The van der Waals surface area contributed by atoms with Crippen LogP contribution < -0.4 is 10.9 Å². The van der Waals surface area contributed by atoms with Crippen LogP contribution in [0.3, 0.4) is 0 Å². The summed E-state index contributed by atoms with van der Waals surface area (Å²) in [6.45, 7) is 7.97. The first-order valence-corrected chi connectivity index (χ1v) is 10.3. The van der Waals surface area contributed by atoms with Crippen molar-refractivity contribution >= 4 is 16.8 Å². The van der Waals surface area contributed by atoms with Gasteiger partial charge in [0.25, 0.3) is 11.5 Å². The highest BCUT2D eigenvalue weighted by atomic mass is 16.1. The summed E-state index contributed by atoms with van der Waals surface area (Å²) in [5, 5.41) is 4.01. The lowest BCUT2D eigenvalue weighted by molar-refractivity contribution is 0.0926. The van der Waals surface area contributed by atoms with E-state index in [0.717, 1.165) is 22.2 Å². The average Bonchev–Trinajstić information content (AvgIpc) is 3.05. The highest BCUT2D eigenvalue weighted by molar-refractivity contribution is 6.08. The summed E-state index contributed by atoms with van der Waals surface area (Å²) < 4.78 is 0. The lowest BCUT2D eigenvalue weighted by Crippen LogP contribution is -2.33. The van der Waals surface area contributed by atoms with Crippen molar-refractivity contribution in [3.63, 3.8) is 0 Å². The summed E-state index contributed by atoms with van der Waals surface area (Å²) in [6, 6.07) is 12.1. The molecule has 31 heavy (non-hydrogen) atoms. The van der Waals surface area contributed by atoms with Gasteiger partial charge in [0.1, 0.15) is 5.69 Å². The van der Waals surface area contributed by atoms with Crippen LogP contribution in [0.2, 0.25) is 0 Å². The quantitative estimate of drug-likeness (QED) is 0.457. The Morgan fingerprint density at radius 2 is 1.87 bits per heavy atom. The Morgan fingerprint density at radius 1 is 1.06 bits per heavy atom. The Hall–Kier alpha value is -3.74. The first-order chi connectivity index (χ1) is 14.8. The molecule has 1 amide bonds. The number of aryl methyl sites for hydroxylation is 2. The standard InChI is InChI=1S/C24H25N5O2/c1-13(2)22(19-12-20(30)28-23(27-19)18-9-5-6-11-25-18)29-24(31)16-8-7-10-17-21(16)14(3)15(4)26-17/h5-13,22,26H,1-4H3,(H,29,31)(H,27,28,30). The molecule has 4 rings (SSSR count). The fourth-order valence-electron chi connectivity index (χ4n) is 3.79. The molecule has 0 fully saturated rings. The summed E-state index contributed by atoms with van der Waals surface area (Å²) in [4.78, 5) is 40.6. The molecule has 1 unspecified atom stereocenters. The van der Waals surface area contributed by atoms with Crippen molar-refractivity contribution in [2.45, 2.75) is 33.7 Å². The number of rotatable bonds is 5. The number of aromatic amines is 2. The van der Waals surface area contributed by atoms with E-state index in [1.165, 1.54) is 6.07 Å². The van der Waals surface area contributed by atoms with Crippen molar-refractivity contribution in [3.05, 3.63) is 81.5 Å². The van der Waals surface area contributed by atoms with Gasteiger partial charge in [-0.15, -0.1) is 0 Å². The molecule has 0 spiro atoms. The second-order valence-electron chi connectivity index (χ2n) is 8.03. The lowest BCUT2D eigenvalue weighted by Gasteiger charge is -2.22. The number of amides is 1. The van der Waals surface area contributed by atoms with E-state index in [1.54, 1.807) is 18.3 Å². The van der Waals surface area contributed by atoms with Crippen LogP contribution >= 0.6 is 0 Å². The summed E-state index contributed by atoms with van der Waals surface area (Å²) in [7, 11) is 0. The number of carbonyl (C=O) groups is 1. The zero-order valence-electron chi connectivity index (χ0n) is 18.0. The van der Waals surface area contributed by atoms with Crippen LogP contribution in [0.15, 0.2) is 53.5 Å². The lowest BCUT2D eigenvalue weighted by atomic mass is 9.99. The Kier molecular flexibility index (Phi) is 5.42. The molecule has 3 heterocycles. The van der Waals surface area contributed by atoms with Crippen LogP contribution in [0.5, 0.6) is 0 Å². The molecule has 0 aliphatic carbocycles. The molecule has 0 aliphatic heterocycles. The Labute approximate surface area is 180 Å². The number of pyridine rings is 1. The van der Waals surface area contributed by atoms with Crippen molar-refractivity contribution < 1.29 is 4.79 Å². The van der Waals surface area contributed by atoms with Gasteiger partial charge in [-0.05, 0) is 49.6 Å². The van der Waals surface area contributed by atoms with Crippen LogP contribution in [0.4, 0.5) is 0 Å². The molecular formula is C24H25N5O2. The van der Waals surface area contributed by atoms with Crippen molar-refractivity contribution in [3.8, 4) is 11.5 Å². The minimum atomic E-state index is -0.437. The van der Waals surface area contributed by atoms with Crippen molar-refractivity contribution in [1.82, 2.24) is 25.3 Å². The van der Waals surface area contributed by atoms with Crippen molar-refractivity contribution in [1.29, 1.82) is 0 Å². The molecule has 3 aromatic heterocycles. The van der Waals surface area contributed by atoms with Gasteiger partial charge < -0.3 is 15.3 Å². The number of aromatic nitrogens is 4. The zero-order valence-corrected chi connectivity index (χ0v) is 18.0. The largest absolute Gasteiger partial charge is 0.358 e. The minimum Gasteiger partial charge on any atom is -0.358 e. The first-order valence-electron chi connectivity index (χ1n) is 10.3. The van der Waals surface area contributed by atoms with Gasteiger partial charge in [-0.2, -0.15) is 0 Å². The van der Waals surface area contributed by atoms with Crippen molar-refractivity contribution in [2.75, 3.05) is 0 Å². The fourth-order valence-corrected chi connectivity index (χ4v) is 3.79. The topological polar surface area (TPSA) is 104 Å². The smallest absolute Gasteiger partial charge is 0.252 e. The molecule has 0 aliphatic rings. The highest BCUT2D eigenvalue weighted by Crippen LogP contribution is 2.27. The number of nitrogens with one attached hydrogen (secondary N) is 3. The van der Waals surface area contributed by atoms with Gasteiger partial charge >= 0.3 is 0 Å². The normalized spacial score (nSPS) is 12.3. The second kappa shape index (κ2) is 8.18. The Bertz CT molecular complexity index is 1300. The van der Waals surface area contributed by atoms with Crippen LogP contribution in [0, 0.1) is 19.8 Å². The predicted molar refractivity (Wildman–Crippen MR) is 121 cm³/mol. The summed E-state index contributed by atoms with van der Waals surface area (Å²) in [6.07, 6.45) is 1.64. The SMILES string of the molecule is Cc1[nH]c2cccc(C(=O)NC(c3cc(=O)[nH]c(-c4ccccn4)n3)C(C)C)c2c1C. The third-order valence-electron chi connectivity index (χ3n) is 5.51. The van der Waals surface area contributed by atoms with Crippen LogP contribution in [-0.2, 0) is 0 Å². The molecule has 4 aromatic rings. The Balaban J connectivity index is 1.72. The van der Waals surface area contributed by atoms with E-state index in [2.05, 4.69) is 25.3 Å². The molecular weight excluding hydrogens is 390 g/mol. The minimum absolute atomic E-state index is 0.0168. The van der Waals surface area contributed by atoms with E-state index < -0.39 is 6.04 Å². The third kappa shape index (κ3) is 3.99. The van der Waals surface area contributed by atoms with Gasteiger partial charge in [0.05, 0.1) is 11.7 Å². The van der Waals surface area contributed by atoms with Gasteiger partial charge in [0.15, 0.2) is 5.82 Å². The number of carbonyl (C=O) groups excluding carboxylic acids is 1. The molecule has 7 heteroatoms. The number of nitrogens with zero attached hydrogens (tertiary/aromatic N) is 2. The molecule has 1 aromatic carbocycles. The number of H-pyrrole nitrogens is 2. The fraction of sp³-hybridized carbons (Fsp3) is 0.250. The van der Waals surface area contributed by atoms with Gasteiger partial charge in [0.2, 0.25) is 0 Å². The molecule has 7 nitrogen and oxygen atoms in total. The van der Waals surface area contributed by atoms with E-state index in [4.69, 9.17) is 0 Å². The highest BCUT2D eigenvalue weighted by Gasteiger charge is 2.24. The van der Waals surface area contributed by atoms with Gasteiger partial charge in [-0.25, -0.2) is 4.98 Å². The number of fused-ring (bicyclic) bond motifs is 1. The molecule has 0 bridgehead atoms. The van der Waals surface area contributed by atoms with E-state index in [9.17, 15) is 9.59 Å². The maximum atomic E-state index is 13.3. The van der Waals surface area contributed by atoms with Crippen LogP contribution in [-0.4, -0.2) is 25.8 Å². The van der Waals surface area contributed by atoms with Gasteiger partial charge in [-0.3, -0.25) is 14.6 Å². The Morgan fingerprint density at radius 3 is 2.58 bits per heavy atom. The summed E-state index contributed by atoms with van der Waals surface area (Å²) >= 11 is 0. The molecule has 1 atom stereocenters. The molecule has 3 N–H and O–H groups in total. The van der Waals surface area contributed by atoms with Gasteiger partial charge in [0, 0.05) is 34.4 Å². The van der Waals surface area contributed by atoms with Crippen LogP contribution in [0.1, 0.15) is 47.2 Å². The van der Waals surface area contributed by atoms with Crippen LogP contribution in [0.25, 0.3) is 22.4 Å². The average molecular weight is 415 g/mol. The third-order valence-corrected chi connectivity index (χ3v) is 5.51. The second-order valence-corrected chi connectivity index (χ2v) is 8.03. The predicted octanol–water partition coefficient (Wildman–Crippen LogP) is 4.06. The maximum absolute atomic E-state index is 13.3. The monoisotopic (exact) mass is 415 g/mol. The summed E-state index contributed by atoms with van der Waals surface area (Å²) in [5.74, 6) is 0.193. The van der Waals surface area contributed by atoms with Gasteiger partial charge in [-0.1, -0.05) is 26.0 Å². The molecule has 158 valence electrons. The summed E-state index contributed by atoms with van der Waals surface area (Å²) in [5.41, 5.74) is 4.39. The number of hydrogen-bond acceptors (Lipinski definition) is 4. The number of hydrogen-bond donors (Lipinski definition) is 3. The molecule has 0 saturated carbocycles. The number of benzene rings is 1. The zero-order chi connectivity index (χ0) is 22.1. The van der Waals surface area contributed by atoms with E-state index in [0.29, 0.717) is 22.8 Å². The molecule has 0 radical (unpaired) electrons. The molecule has 0 saturated heterocycles. The maximum Gasteiger partial charge on any atom is 0.252 e. The first kappa shape index (κ1) is 20.5. The van der Waals surface area contributed by atoms with E-state index in [-0.39, 0.29) is 17.4 Å². The van der Waals surface area contributed by atoms with E-state index >= 15 is 0 Å². The van der Waals surface area contributed by atoms with Crippen molar-refractivity contribution in [2.24, 2.45) is 5.92 Å². The van der Waals surface area contributed by atoms with E-state index in [1.807, 2.05) is 52.0 Å².